The number of benzene rings is 1. The van der Waals surface area contributed by atoms with Crippen LogP contribution < -0.4 is 5.32 Å². The Hall–Kier alpha value is -3.43. The summed E-state index contributed by atoms with van der Waals surface area (Å²) in [6.45, 7) is 6.77. The second kappa shape index (κ2) is 7.68. The van der Waals surface area contributed by atoms with Crippen molar-refractivity contribution in [2.45, 2.75) is 45.9 Å². The molecule has 0 fully saturated rings. The van der Waals surface area contributed by atoms with E-state index in [0.29, 0.717) is 41.8 Å². The third kappa shape index (κ3) is 4.37. The van der Waals surface area contributed by atoms with Gasteiger partial charge in [-0.25, -0.2) is 13.6 Å². The van der Waals surface area contributed by atoms with Gasteiger partial charge >= 0.3 is 6.09 Å². The number of anilines is 1. The first-order chi connectivity index (χ1) is 14.6. The quantitative estimate of drug-likeness (QED) is 0.641. The van der Waals surface area contributed by atoms with Crippen molar-refractivity contribution in [3.63, 3.8) is 0 Å². The molecule has 2 N–H and O–H groups in total. The van der Waals surface area contributed by atoms with Gasteiger partial charge in [0.1, 0.15) is 5.60 Å². The average molecular weight is 431 g/mol. The predicted octanol–water partition coefficient (Wildman–Crippen LogP) is 4.04. The third-order valence-corrected chi connectivity index (χ3v) is 4.87. The number of ether oxygens (including phenoxy) is 1. The number of halogens is 2. The molecule has 0 saturated heterocycles. The van der Waals surface area contributed by atoms with Crippen molar-refractivity contribution in [1.29, 1.82) is 0 Å². The van der Waals surface area contributed by atoms with Crippen molar-refractivity contribution in [3.05, 3.63) is 47.4 Å². The first-order valence-electron chi connectivity index (χ1n) is 9.93. The predicted molar refractivity (Wildman–Crippen MR) is 110 cm³/mol. The molecule has 10 heteroatoms. The van der Waals surface area contributed by atoms with Crippen LogP contribution in [0.2, 0.25) is 0 Å². The number of rotatable bonds is 2. The highest BCUT2D eigenvalue weighted by Crippen LogP contribution is 2.26. The van der Waals surface area contributed by atoms with Gasteiger partial charge in [0.2, 0.25) is 0 Å². The zero-order valence-corrected chi connectivity index (χ0v) is 17.5. The number of aryl methyl sites for hydroxylation is 1. The summed E-state index contributed by atoms with van der Waals surface area (Å²) in [5.41, 5.74) is 0.954. The van der Waals surface area contributed by atoms with Gasteiger partial charge in [-0.3, -0.25) is 9.48 Å². The third-order valence-electron chi connectivity index (χ3n) is 4.87. The maximum atomic E-state index is 13.6. The van der Waals surface area contributed by atoms with Crippen LogP contribution in [0.15, 0.2) is 24.4 Å². The highest BCUT2D eigenvalue weighted by Gasteiger charge is 2.26. The number of aromatic nitrogens is 3. The highest BCUT2D eigenvalue weighted by atomic mass is 19.2. The van der Waals surface area contributed by atoms with Gasteiger partial charge < -0.3 is 19.9 Å². The Balaban J connectivity index is 1.52. The molecule has 4 rings (SSSR count). The van der Waals surface area contributed by atoms with E-state index in [4.69, 9.17) is 4.74 Å². The van der Waals surface area contributed by atoms with Crippen molar-refractivity contribution >= 4 is 28.6 Å². The molecule has 3 heterocycles. The monoisotopic (exact) mass is 431 g/mol. The SMILES string of the molecule is CC(C)(C)OC(=O)N1CCCn2nc(C(=O)Nc3c[nH]c4cc(F)c(F)cc34)cc2C1. The lowest BCUT2D eigenvalue weighted by Crippen LogP contribution is -2.36. The summed E-state index contributed by atoms with van der Waals surface area (Å²) in [5, 5.41) is 7.38. The molecule has 0 spiro atoms. The minimum atomic E-state index is -1.00. The normalized spacial score (nSPS) is 14.3. The van der Waals surface area contributed by atoms with E-state index in [1.807, 2.05) is 0 Å². The number of carbonyl (C=O) groups excluding carboxylic acids is 2. The molecule has 8 nitrogen and oxygen atoms in total. The summed E-state index contributed by atoms with van der Waals surface area (Å²) in [6, 6.07) is 3.68. The van der Waals surface area contributed by atoms with E-state index in [-0.39, 0.29) is 12.2 Å². The Morgan fingerprint density at radius 2 is 1.90 bits per heavy atom. The molecule has 0 unspecified atom stereocenters. The van der Waals surface area contributed by atoms with E-state index in [9.17, 15) is 18.4 Å². The largest absolute Gasteiger partial charge is 0.444 e. The Labute approximate surface area is 177 Å². The van der Waals surface area contributed by atoms with Crippen LogP contribution in [-0.2, 0) is 17.8 Å². The molecule has 31 heavy (non-hydrogen) atoms. The zero-order valence-electron chi connectivity index (χ0n) is 17.5. The van der Waals surface area contributed by atoms with Gasteiger partial charge in [0.25, 0.3) is 5.91 Å². The zero-order chi connectivity index (χ0) is 22.3. The fourth-order valence-corrected chi connectivity index (χ4v) is 3.46. The van der Waals surface area contributed by atoms with Gasteiger partial charge in [-0.1, -0.05) is 0 Å². The number of H-pyrrole nitrogens is 1. The molecule has 0 bridgehead atoms. The molecular formula is C21H23F2N5O3. The minimum absolute atomic E-state index is 0.165. The van der Waals surface area contributed by atoms with Gasteiger partial charge in [-0.05, 0) is 39.3 Å². The molecule has 3 aromatic rings. The first-order valence-corrected chi connectivity index (χ1v) is 9.93. The Morgan fingerprint density at radius 3 is 2.65 bits per heavy atom. The molecule has 1 aliphatic rings. The van der Waals surface area contributed by atoms with E-state index in [0.717, 1.165) is 12.1 Å². The van der Waals surface area contributed by atoms with Crippen molar-refractivity contribution < 1.29 is 23.1 Å². The smallest absolute Gasteiger partial charge is 0.410 e. The fraction of sp³-hybridized carbons (Fsp3) is 0.381. The summed E-state index contributed by atoms with van der Waals surface area (Å²) >= 11 is 0. The van der Waals surface area contributed by atoms with E-state index in [1.165, 1.54) is 6.20 Å². The van der Waals surface area contributed by atoms with Crippen LogP contribution in [0.1, 0.15) is 43.4 Å². The lowest BCUT2D eigenvalue weighted by atomic mass is 10.2. The number of fused-ring (bicyclic) bond motifs is 2. The second-order valence-electron chi connectivity index (χ2n) is 8.47. The lowest BCUT2D eigenvalue weighted by Gasteiger charge is -2.26. The molecule has 0 aliphatic carbocycles. The summed E-state index contributed by atoms with van der Waals surface area (Å²) in [5.74, 6) is -2.46. The number of amides is 2. The van der Waals surface area contributed by atoms with Crippen molar-refractivity contribution in [1.82, 2.24) is 19.7 Å². The summed E-state index contributed by atoms with van der Waals surface area (Å²) < 4.78 is 34.1. The molecule has 0 saturated carbocycles. The van der Waals surface area contributed by atoms with E-state index in [1.54, 1.807) is 36.4 Å². The molecular weight excluding hydrogens is 408 g/mol. The van der Waals surface area contributed by atoms with Gasteiger partial charge in [0.05, 0.1) is 23.4 Å². The average Bonchev–Trinajstić information content (AvgIpc) is 3.18. The molecule has 2 amide bonds. The lowest BCUT2D eigenvalue weighted by molar-refractivity contribution is 0.0236. The van der Waals surface area contributed by atoms with Crippen LogP contribution in [-0.4, -0.2) is 43.8 Å². The van der Waals surface area contributed by atoms with Crippen LogP contribution in [0.4, 0.5) is 19.3 Å². The second-order valence-corrected chi connectivity index (χ2v) is 8.47. The summed E-state index contributed by atoms with van der Waals surface area (Å²) in [6.07, 6.45) is 1.72. The molecule has 2 aromatic heterocycles. The van der Waals surface area contributed by atoms with Gasteiger partial charge in [0.15, 0.2) is 17.3 Å². The van der Waals surface area contributed by atoms with E-state index >= 15 is 0 Å². The Kier molecular flexibility index (Phi) is 5.16. The number of hydrogen-bond acceptors (Lipinski definition) is 4. The Bertz CT molecular complexity index is 1160. The maximum Gasteiger partial charge on any atom is 0.410 e. The number of aromatic amines is 1. The fourth-order valence-electron chi connectivity index (χ4n) is 3.46. The maximum absolute atomic E-state index is 13.6. The van der Waals surface area contributed by atoms with Gasteiger partial charge in [-0.2, -0.15) is 5.10 Å². The van der Waals surface area contributed by atoms with Crippen molar-refractivity contribution in [3.8, 4) is 0 Å². The molecule has 0 radical (unpaired) electrons. The molecule has 1 aliphatic heterocycles. The molecule has 164 valence electrons. The van der Waals surface area contributed by atoms with Crippen LogP contribution in [0.5, 0.6) is 0 Å². The molecule has 0 atom stereocenters. The van der Waals surface area contributed by atoms with Crippen molar-refractivity contribution in [2.75, 3.05) is 11.9 Å². The van der Waals surface area contributed by atoms with E-state index in [2.05, 4.69) is 15.4 Å². The van der Waals surface area contributed by atoms with Crippen LogP contribution in [0.3, 0.4) is 0 Å². The Morgan fingerprint density at radius 1 is 1.16 bits per heavy atom. The number of carbonyl (C=O) groups is 2. The van der Waals surface area contributed by atoms with E-state index < -0.39 is 29.2 Å². The minimum Gasteiger partial charge on any atom is -0.444 e. The highest BCUT2D eigenvalue weighted by molar-refractivity contribution is 6.08. The van der Waals surface area contributed by atoms with Crippen molar-refractivity contribution in [2.24, 2.45) is 0 Å². The topological polar surface area (TPSA) is 92.2 Å². The van der Waals surface area contributed by atoms with Gasteiger partial charge in [0, 0.05) is 30.7 Å². The molecule has 1 aromatic carbocycles. The van der Waals surface area contributed by atoms with Crippen LogP contribution >= 0.6 is 0 Å². The number of hydrogen-bond donors (Lipinski definition) is 2. The van der Waals surface area contributed by atoms with Crippen LogP contribution in [0, 0.1) is 11.6 Å². The summed E-state index contributed by atoms with van der Waals surface area (Å²) in [7, 11) is 0. The van der Waals surface area contributed by atoms with Crippen LogP contribution in [0.25, 0.3) is 10.9 Å². The first kappa shape index (κ1) is 20.8. The standard InChI is InChI=1S/C21H23F2N5O3/c1-21(2,3)31-20(30)27-5-4-6-28-12(11-27)7-17(26-28)19(29)25-18-10-24-16-9-15(23)14(22)8-13(16)18/h7-10,24H,4-6,11H2,1-3H3,(H,25,29). The number of nitrogens with zero attached hydrogens (tertiary/aromatic N) is 3. The number of nitrogens with one attached hydrogen (secondary N) is 2. The van der Waals surface area contributed by atoms with Gasteiger partial charge in [-0.15, -0.1) is 0 Å². The summed E-state index contributed by atoms with van der Waals surface area (Å²) in [4.78, 5) is 29.6.